The lowest BCUT2D eigenvalue weighted by Crippen LogP contribution is -2.18. The van der Waals surface area contributed by atoms with Crippen LogP contribution in [0.15, 0.2) is 47.5 Å². The molecular formula is C19H16F2N2O5S. The molecule has 3 aromatic rings. The average Bonchev–Trinajstić information content (AvgIpc) is 3.07. The molecule has 0 N–H and O–H groups in total. The van der Waals surface area contributed by atoms with Crippen LogP contribution < -0.4 is 4.74 Å². The molecule has 0 bridgehead atoms. The Kier molecular flexibility index (Phi) is 5.38. The Balaban J connectivity index is 2.40. The molecule has 2 aromatic heterocycles. The van der Waals surface area contributed by atoms with Crippen LogP contribution in [0.25, 0.3) is 11.3 Å². The lowest BCUT2D eigenvalue weighted by Gasteiger charge is -2.14. The van der Waals surface area contributed by atoms with Crippen LogP contribution in [0.5, 0.6) is 5.88 Å². The molecule has 0 spiro atoms. The van der Waals surface area contributed by atoms with E-state index in [0.717, 1.165) is 32.4 Å². The summed E-state index contributed by atoms with van der Waals surface area (Å²) in [5.74, 6) is -3.14. The van der Waals surface area contributed by atoms with Gasteiger partial charge in [0.1, 0.15) is 17.2 Å². The summed E-state index contributed by atoms with van der Waals surface area (Å²) in [6, 6.07) is 8.10. The number of rotatable bonds is 5. The maximum Gasteiger partial charge on any atom is 0.343 e. The van der Waals surface area contributed by atoms with E-state index in [4.69, 9.17) is 4.74 Å². The van der Waals surface area contributed by atoms with Gasteiger partial charge in [0.25, 0.3) is 10.0 Å². The van der Waals surface area contributed by atoms with Gasteiger partial charge in [-0.3, -0.25) is 0 Å². The Hall–Kier alpha value is -3.27. The molecule has 0 aliphatic carbocycles. The molecule has 0 fully saturated rings. The van der Waals surface area contributed by atoms with Gasteiger partial charge in [-0.1, -0.05) is 6.07 Å². The summed E-state index contributed by atoms with van der Waals surface area (Å²) in [4.78, 5) is 16.2. The van der Waals surface area contributed by atoms with Gasteiger partial charge in [-0.25, -0.2) is 22.5 Å². The summed E-state index contributed by atoms with van der Waals surface area (Å²) < 4.78 is 65.0. The molecule has 0 unspecified atom stereocenters. The fourth-order valence-corrected chi connectivity index (χ4v) is 4.30. The number of hydrogen-bond donors (Lipinski definition) is 0. The van der Waals surface area contributed by atoms with Crippen molar-refractivity contribution in [1.29, 1.82) is 0 Å². The quantitative estimate of drug-likeness (QED) is 0.587. The minimum atomic E-state index is -4.42. The van der Waals surface area contributed by atoms with Crippen molar-refractivity contribution in [3.05, 3.63) is 65.4 Å². The normalized spacial score (nSPS) is 11.3. The van der Waals surface area contributed by atoms with E-state index in [1.54, 1.807) is 13.0 Å². The van der Waals surface area contributed by atoms with Crippen LogP contribution in [0.2, 0.25) is 0 Å². The second-order valence-corrected chi connectivity index (χ2v) is 7.69. The Labute approximate surface area is 165 Å². The Bertz CT molecular complexity index is 1210. The topological polar surface area (TPSA) is 87.5 Å². The summed E-state index contributed by atoms with van der Waals surface area (Å²) in [6.45, 7) is 1.60. The lowest BCUT2D eigenvalue weighted by atomic mass is 10.1. The van der Waals surface area contributed by atoms with E-state index >= 15 is 0 Å². The summed E-state index contributed by atoms with van der Waals surface area (Å²) in [6.07, 6.45) is 0. The van der Waals surface area contributed by atoms with Gasteiger partial charge < -0.3 is 9.47 Å². The van der Waals surface area contributed by atoms with Crippen molar-refractivity contribution in [1.82, 2.24) is 8.96 Å². The highest BCUT2D eigenvalue weighted by molar-refractivity contribution is 7.90. The first-order chi connectivity index (χ1) is 13.7. The van der Waals surface area contributed by atoms with Crippen LogP contribution in [0.3, 0.4) is 0 Å². The summed E-state index contributed by atoms with van der Waals surface area (Å²) in [5, 5.41) is -0.341. The third kappa shape index (κ3) is 3.58. The van der Waals surface area contributed by atoms with Gasteiger partial charge in [-0.2, -0.15) is 8.42 Å². The number of benzene rings is 1. The van der Waals surface area contributed by atoms with E-state index in [1.807, 2.05) is 0 Å². The molecule has 0 radical (unpaired) electrons. The molecule has 0 aliphatic heterocycles. The minimum absolute atomic E-state index is 0.245. The summed E-state index contributed by atoms with van der Waals surface area (Å²) in [7, 11) is -2.16. The van der Waals surface area contributed by atoms with E-state index in [-0.39, 0.29) is 27.7 Å². The number of carbonyl (C=O) groups is 1. The third-order valence-corrected chi connectivity index (χ3v) is 5.69. The first-order valence-corrected chi connectivity index (χ1v) is 9.67. The molecule has 3 rings (SSSR count). The first kappa shape index (κ1) is 20.5. The SMILES string of the molecule is COC(=O)c1cc(-c2ccc(F)cc2F)n(S(=O)(=O)c2cccc(C)n2)c1OC. The number of methoxy groups -OCH3 is 2. The van der Waals surface area contributed by atoms with Gasteiger partial charge in [0, 0.05) is 17.3 Å². The van der Waals surface area contributed by atoms with Crippen molar-refractivity contribution < 1.29 is 31.5 Å². The molecule has 0 aliphatic rings. The highest BCUT2D eigenvalue weighted by atomic mass is 32.2. The average molecular weight is 422 g/mol. The van der Waals surface area contributed by atoms with Gasteiger partial charge in [0.15, 0.2) is 5.03 Å². The molecule has 7 nitrogen and oxygen atoms in total. The smallest absolute Gasteiger partial charge is 0.343 e. The zero-order chi connectivity index (χ0) is 21.3. The van der Waals surface area contributed by atoms with E-state index < -0.39 is 27.6 Å². The van der Waals surface area contributed by atoms with Gasteiger partial charge >= 0.3 is 5.97 Å². The van der Waals surface area contributed by atoms with Gasteiger partial charge in [0.2, 0.25) is 5.88 Å². The molecule has 0 atom stereocenters. The highest BCUT2D eigenvalue weighted by Gasteiger charge is 2.32. The highest BCUT2D eigenvalue weighted by Crippen LogP contribution is 2.36. The van der Waals surface area contributed by atoms with E-state index in [2.05, 4.69) is 9.72 Å². The van der Waals surface area contributed by atoms with Crippen LogP contribution >= 0.6 is 0 Å². The van der Waals surface area contributed by atoms with Crippen molar-refractivity contribution in [2.75, 3.05) is 14.2 Å². The molecule has 2 heterocycles. The van der Waals surface area contributed by atoms with E-state index in [0.29, 0.717) is 15.7 Å². The summed E-state index contributed by atoms with van der Waals surface area (Å²) >= 11 is 0. The Morgan fingerprint density at radius 1 is 1.10 bits per heavy atom. The maximum atomic E-state index is 14.5. The number of carbonyl (C=O) groups excluding carboxylic acids is 1. The number of esters is 1. The molecule has 29 heavy (non-hydrogen) atoms. The number of halogens is 2. The Morgan fingerprint density at radius 3 is 2.41 bits per heavy atom. The third-order valence-electron chi connectivity index (χ3n) is 4.09. The zero-order valence-corrected chi connectivity index (χ0v) is 16.5. The van der Waals surface area contributed by atoms with Crippen molar-refractivity contribution in [3.63, 3.8) is 0 Å². The van der Waals surface area contributed by atoms with Crippen LogP contribution in [-0.2, 0) is 14.8 Å². The predicted octanol–water partition coefficient (Wildman–Crippen LogP) is 3.17. The zero-order valence-electron chi connectivity index (χ0n) is 15.6. The number of aryl methyl sites for hydroxylation is 1. The Morgan fingerprint density at radius 2 is 1.83 bits per heavy atom. The molecule has 152 valence electrons. The predicted molar refractivity (Wildman–Crippen MR) is 99.2 cm³/mol. The number of pyridine rings is 1. The fourth-order valence-electron chi connectivity index (χ4n) is 2.80. The molecular weight excluding hydrogens is 406 g/mol. The second-order valence-electron chi connectivity index (χ2n) is 5.95. The van der Waals surface area contributed by atoms with Gasteiger partial charge in [-0.15, -0.1) is 0 Å². The number of ether oxygens (including phenoxy) is 2. The van der Waals surface area contributed by atoms with Crippen molar-refractivity contribution in [2.45, 2.75) is 11.9 Å². The molecule has 0 saturated heterocycles. The lowest BCUT2D eigenvalue weighted by molar-refractivity contribution is 0.0597. The maximum absolute atomic E-state index is 14.5. The van der Waals surface area contributed by atoms with Gasteiger partial charge in [-0.05, 0) is 37.3 Å². The molecule has 0 amide bonds. The molecule has 10 heteroatoms. The van der Waals surface area contributed by atoms with Gasteiger partial charge in [0.05, 0.1) is 19.9 Å². The minimum Gasteiger partial charge on any atom is -0.481 e. The number of nitrogens with zero attached hydrogens (tertiary/aromatic N) is 2. The monoisotopic (exact) mass is 422 g/mol. The van der Waals surface area contributed by atoms with Crippen molar-refractivity contribution in [3.8, 4) is 17.1 Å². The fraction of sp³-hybridized carbons (Fsp3) is 0.158. The van der Waals surface area contributed by atoms with Crippen molar-refractivity contribution >= 4 is 16.0 Å². The van der Waals surface area contributed by atoms with Crippen LogP contribution in [-0.4, -0.2) is 37.6 Å². The van der Waals surface area contributed by atoms with E-state index in [9.17, 15) is 22.0 Å². The molecule has 1 aromatic carbocycles. The van der Waals surface area contributed by atoms with Crippen molar-refractivity contribution in [2.24, 2.45) is 0 Å². The first-order valence-electron chi connectivity index (χ1n) is 8.23. The summed E-state index contributed by atoms with van der Waals surface area (Å²) in [5.41, 5.74) is -0.316. The second kappa shape index (κ2) is 7.63. The number of aromatic nitrogens is 2. The number of hydrogen-bond acceptors (Lipinski definition) is 6. The van der Waals surface area contributed by atoms with E-state index in [1.165, 1.54) is 12.1 Å². The largest absolute Gasteiger partial charge is 0.481 e. The standard InChI is InChI=1S/C19H16F2N2O5S/c1-11-5-4-6-17(22-11)29(25,26)23-16(13-8-7-12(20)9-15(13)21)10-14(18(23)27-2)19(24)28-3/h4-10H,1-3H3. The molecule has 0 saturated carbocycles. The van der Waals surface area contributed by atoms with Crippen LogP contribution in [0.1, 0.15) is 16.1 Å². The van der Waals surface area contributed by atoms with Crippen LogP contribution in [0.4, 0.5) is 8.78 Å². The van der Waals surface area contributed by atoms with Crippen LogP contribution in [0, 0.1) is 18.6 Å².